The minimum Gasteiger partial charge on any atom is -0.456 e. The number of fused-ring (bicyclic) bond motifs is 2. The van der Waals surface area contributed by atoms with Gasteiger partial charge in [-0.25, -0.2) is 0 Å². The zero-order chi connectivity index (χ0) is 16.8. The minimum atomic E-state index is -0.279. The summed E-state index contributed by atoms with van der Waals surface area (Å²) in [6.07, 6.45) is 1.68. The highest BCUT2D eigenvalue weighted by Gasteiger charge is 2.25. The maximum absolute atomic E-state index is 12.8. The van der Waals surface area contributed by atoms with E-state index in [9.17, 15) is 4.79 Å². The van der Waals surface area contributed by atoms with Crippen LogP contribution in [0.1, 0.15) is 10.4 Å². The Hall–Kier alpha value is -2.50. The van der Waals surface area contributed by atoms with Crippen LogP contribution in [0.5, 0.6) is 0 Å². The molecule has 1 amide bonds. The third kappa shape index (κ3) is 2.33. The third-order valence-corrected chi connectivity index (χ3v) is 4.57. The molecule has 0 aliphatic carbocycles. The van der Waals surface area contributed by atoms with Gasteiger partial charge in [0.2, 0.25) is 0 Å². The van der Waals surface area contributed by atoms with Gasteiger partial charge >= 0.3 is 0 Å². The molecule has 0 spiro atoms. The summed E-state index contributed by atoms with van der Waals surface area (Å²) in [5, 5.41) is 7.80. The van der Waals surface area contributed by atoms with Crippen LogP contribution in [-0.4, -0.2) is 15.7 Å². The van der Waals surface area contributed by atoms with Crippen LogP contribution in [0.25, 0.3) is 22.4 Å². The van der Waals surface area contributed by atoms with Gasteiger partial charge in [-0.05, 0) is 36.4 Å². The summed E-state index contributed by atoms with van der Waals surface area (Å²) in [6.45, 7) is 0. The number of furan rings is 2. The number of benzene rings is 2. The Morgan fingerprint density at radius 2 is 1.92 bits per heavy atom. The zero-order valence-electron chi connectivity index (χ0n) is 12.5. The molecule has 3 heterocycles. The molecule has 5 nitrogen and oxygen atoms in total. The molecule has 3 aromatic heterocycles. The van der Waals surface area contributed by atoms with Crippen LogP contribution in [-0.2, 0) is 7.05 Å². The standard InChI is InChI=1S/C17H11Cl2N3O2/c1-22-12(6-7-20-22)15-13-4-5-14(24-13)16(15)17(23)21-9-2-3-10(18)11(19)8-9/h2-8H,1H3,(H,21,23). The van der Waals surface area contributed by atoms with Gasteiger partial charge in [-0.3, -0.25) is 9.48 Å². The van der Waals surface area contributed by atoms with Crippen LogP contribution < -0.4 is 5.32 Å². The number of amides is 1. The van der Waals surface area contributed by atoms with Crippen molar-refractivity contribution in [2.24, 2.45) is 7.05 Å². The first kappa shape index (κ1) is 15.1. The van der Waals surface area contributed by atoms with Crippen LogP contribution in [0.15, 0.2) is 47.0 Å². The Morgan fingerprint density at radius 1 is 1.12 bits per heavy atom. The Bertz CT molecular complexity index is 1050. The molecule has 0 unspecified atom stereocenters. The molecule has 120 valence electrons. The van der Waals surface area contributed by atoms with Crippen molar-refractivity contribution in [1.29, 1.82) is 0 Å². The quantitative estimate of drug-likeness (QED) is 0.569. The van der Waals surface area contributed by atoms with Crippen LogP contribution >= 0.6 is 23.2 Å². The summed E-state index contributed by atoms with van der Waals surface area (Å²) in [6, 6.07) is 10.4. The number of carbonyl (C=O) groups excluding carboxylic acids is 1. The number of aromatic nitrogens is 2. The second-order valence-corrected chi connectivity index (χ2v) is 6.15. The SMILES string of the molecule is Cn1nccc1-c1c(C(=O)Nc2ccc(Cl)c(Cl)c2)c2ccc1o2. The van der Waals surface area contributed by atoms with Crippen molar-refractivity contribution < 1.29 is 9.21 Å². The molecular weight excluding hydrogens is 349 g/mol. The smallest absolute Gasteiger partial charge is 0.260 e. The molecule has 4 rings (SSSR count). The van der Waals surface area contributed by atoms with Crippen LogP contribution in [0.2, 0.25) is 10.0 Å². The fourth-order valence-corrected chi connectivity index (χ4v) is 3.02. The van der Waals surface area contributed by atoms with Gasteiger partial charge in [0.1, 0.15) is 11.2 Å². The van der Waals surface area contributed by atoms with Crippen molar-refractivity contribution in [1.82, 2.24) is 9.78 Å². The van der Waals surface area contributed by atoms with Gasteiger partial charge in [0.25, 0.3) is 5.91 Å². The molecule has 2 bridgehead atoms. The van der Waals surface area contributed by atoms with E-state index in [0.717, 1.165) is 11.3 Å². The van der Waals surface area contributed by atoms with Crippen molar-refractivity contribution in [2.75, 3.05) is 5.32 Å². The fourth-order valence-electron chi connectivity index (χ4n) is 2.72. The number of hydrogen-bond donors (Lipinski definition) is 1. The van der Waals surface area contributed by atoms with Crippen LogP contribution in [0.3, 0.4) is 0 Å². The lowest BCUT2D eigenvalue weighted by Crippen LogP contribution is -2.13. The van der Waals surface area contributed by atoms with E-state index in [1.165, 1.54) is 0 Å². The first-order valence-electron chi connectivity index (χ1n) is 7.14. The van der Waals surface area contributed by atoms with E-state index in [2.05, 4.69) is 10.4 Å². The van der Waals surface area contributed by atoms with Gasteiger partial charge in [-0.15, -0.1) is 0 Å². The number of carbonyl (C=O) groups is 1. The summed E-state index contributed by atoms with van der Waals surface area (Å²) in [5.41, 5.74) is 3.74. The van der Waals surface area contributed by atoms with Crippen molar-refractivity contribution >= 4 is 46.0 Å². The molecule has 1 aromatic carbocycles. The average Bonchev–Trinajstić information content (AvgIpc) is 3.25. The second kappa shape index (κ2) is 5.54. The van der Waals surface area contributed by atoms with Crippen molar-refractivity contribution in [3.8, 4) is 11.3 Å². The number of rotatable bonds is 3. The molecule has 0 saturated heterocycles. The number of hydrogen-bond acceptors (Lipinski definition) is 3. The lowest BCUT2D eigenvalue weighted by atomic mass is 10.0. The molecule has 1 N–H and O–H groups in total. The van der Waals surface area contributed by atoms with Gasteiger partial charge in [0, 0.05) is 18.9 Å². The molecule has 0 aliphatic rings. The summed E-state index contributed by atoms with van der Waals surface area (Å²) in [4.78, 5) is 12.8. The lowest BCUT2D eigenvalue weighted by Gasteiger charge is -2.08. The molecular formula is C17H11Cl2N3O2. The summed E-state index contributed by atoms with van der Waals surface area (Å²) in [5.74, 6) is -0.279. The molecule has 0 saturated carbocycles. The Balaban J connectivity index is 1.76. The fraction of sp³-hybridized carbons (Fsp3) is 0.0588. The van der Waals surface area contributed by atoms with Crippen molar-refractivity contribution in [3.05, 3.63) is 58.2 Å². The van der Waals surface area contributed by atoms with Gasteiger partial charge < -0.3 is 9.73 Å². The minimum absolute atomic E-state index is 0.279. The summed E-state index contributed by atoms with van der Waals surface area (Å²) >= 11 is 11.9. The number of halogens is 2. The number of nitrogens with zero attached hydrogens (tertiary/aromatic N) is 2. The highest BCUT2D eigenvalue weighted by Crippen LogP contribution is 2.37. The largest absolute Gasteiger partial charge is 0.456 e. The maximum Gasteiger partial charge on any atom is 0.260 e. The van der Waals surface area contributed by atoms with Gasteiger partial charge in [0.05, 0.1) is 26.9 Å². The van der Waals surface area contributed by atoms with Gasteiger partial charge in [-0.1, -0.05) is 23.2 Å². The van der Waals surface area contributed by atoms with E-state index < -0.39 is 0 Å². The van der Waals surface area contributed by atoms with E-state index in [4.69, 9.17) is 27.6 Å². The predicted octanol–water partition coefficient (Wildman–Crippen LogP) is 4.83. The molecule has 24 heavy (non-hydrogen) atoms. The van der Waals surface area contributed by atoms with E-state index in [1.54, 1.807) is 35.1 Å². The van der Waals surface area contributed by atoms with Crippen molar-refractivity contribution in [3.63, 3.8) is 0 Å². The topological polar surface area (TPSA) is 60.1 Å². The summed E-state index contributed by atoms with van der Waals surface area (Å²) < 4.78 is 7.38. The lowest BCUT2D eigenvalue weighted by molar-refractivity contribution is 0.102. The molecule has 0 fully saturated rings. The van der Waals surface area contributed by atoms with Crippen molar-refractivity contribution in [2.45, 2.75) is 0 Å². The monoisotopic (exact) mass is 359 g/mol. The highest BCUT2D eigenvalue weighted by molar-refractivity contribution is 6.42. The van der Waals surface area contributed by atoms with E-state index in [-0.39, 0.29) is 5.91 Å². The van der Waals surface area contributed by atoms with E-state index in [0.29, 0.717) is 32.5 Å². The van der Waals surface area contributed by atoms with E-state index in [1.807, 2.05) is 19.2 Å². The maximum atomic E-state index is 12.8. The van der Waals surface area contributed by atoms with Crippen LogP contribution in [0.4, 0.5) is 5.69 Å². The van der Waals surface area contributed by atoms with E-state index >= 15 is 0 Å². The van der Waals surface area contributed by atoms with Gasteiger partial charge in [-0.2, -0.15) is 5.10 Å². The number of anilines is 1. The Kier molecular flexibility index (Phi) is 3.48. The molecule has 7 heteroatoms. The molecule has 0 aliphatic heterocycles. The summed E-state index contributed by atoms with van der Waals surface area (Å²) in [7, 11) is 1.82. The van der Waals surface area contributed by atoms with Crippen LogP contribution in [0, 0.1) is 0 Å². The predicted molar refractivity (Wildman–Crippen MR) is 94.0 cm³/mol. The first-order chi connectivity index (χ1) is 11.5. The number of aryl methyl sites for hydroxylation is 1. The Labute approximate surface area is 147 Å². The molecule has 0 atom stereocenters. The number of nitrogens with one attached hydrogen (secondary N) is 1. The van der Waals surface area contributed by atoms with Gasteiger partial charge in [0.15, 0.2) is 0 Å². The molecule has 0 radical (unpaired) electrons. The normalized spacial score (nSPS) is 11.3. The third-order valence-electron chi connectivity index (χ3n) is 3.83. The average molecular weight is 360 g/mol. The Morgan fingerprint density at radius 3 is 2.62 bits per heavy atom. The first-order valence-corrected chi connectivity index (χ1v) is 7.90. The second-order valence-electron chi connectivity index (χ2n) is 5.34. The zero-order valence-corrected chi connectivity index (χ0v) is 14.0. The highest BCUT2D eigenvalue weighted by atomic mass is 35.5. The molecule has 4 aromatic rings.